The number of amides is 2. The first-order valence-corrected chi connectivity index (χ1v) is 22.3. The summed E-state index contributed by atoms with van der Waals surface area (Å²) >= 11 is 0. The Hall–Kier alpha value is -3.46. The molecule has 2 N–H and O–H groups in total. The molecule has 3 fully saturated rings. The van der Waals surface area contributed by atoms with Crippen LogP contribution in [0, 0.1) is 37.5 Å². The summed E-state index contributed by atoms with van der Waals surface area (Å²) in [5.41, 5.74) is 2.80. The third kappa shape index (κ3) is 9.90. The second-order valence-electron chi connectivity index (χ2n) is 15.6. The van der Waals surface area contributed by atoms with Crippen molar-refractivity contribution in [2.24, 2.45) is 17.8 Å². The van der Waals surface area contributed by atoms with Gasteiger partial charge in [-0.2, -0.15) is 14.6 Å². The highest BCUT2D eigenvalue weighted by Gasteiger charge is 2.48. The number of hydrogen-bond donors (Lipinski definition) is 2. The van der Waals surface area contributed by atoms with E-state index in [9.17, 15) is 9.59 Å². The smallest absolute Gasteiger partial charge is 0.270 e. The van der Waals surface area contributed by atoms with Gasteiger partial charge in [0.15, 0.2) is 6.29 Å². The van der Waals surface area contributed by atoms with Gasteiger partial charge in [0, 0.05) is 50.9 Å². The highest BCUT2D eigenvalue weighted by Crippen LogP contribution is 2.51. The van der Waals surface area contributed by atoms with Crippen LogP contribution in [0.3, 0.4) is 0 Å². The number of halogens is 1. The monoisotopic (exact) mass is 723 g/mol. The molecule has 0 radical (unpaired) electrons. The largest absolute Gasteiger partial charge is 0.360 e. The van der Waals surface area contributed by atoms with Gasteiger partial charge in [-0.1, -0.05) is 19.6 Å². The second kappa shape index (κ2) is 16.5. The fraction of sp³-hybridized carbons (Fsp3) is 0.649. The predicted octanol–water partition coefficient (Wildman–Crippen LogP) is 6.32. The molecule has 6 rings (SSSR count). The van der Waals surface area contributed by atoms with Gasteiger partial charge in [0.05, 0.1) is 12.3 Å². The van der Waals surface area contributed by atoms with Crippen LogP contribution >= 0.6 is 0 Å². The number of aromatic nitrogens is 5. The van der Waals surface area contributed by atoms with Crippen LogP contribution in [0.25, 0.3) is 11.1 Å². The molecule has 2 aliphatic carbocycles. The van der Waals surface area contributed by atoms with E-state index >= 15 is 4.39 Å². The van der Waals surface area contributed by atoms with Crippen LogP contribution in [0.15, 0.2) is 24.4 Å². The van der Waals surface area contributed by atoms with E-state index in [4.69, 9.17) is 14.2 Å². The zero-order valence-electron chi connectivity index (χ0n) is 30.8. The molecule has 1 aliphatic heterocycles. The molecule has 0 aromatic carbocycles. The first-order chi connectivity index (χ1) is 24.5. The molecule has 2 atom stereocenters. The molecule has 0 bridgehead atoms. The lowest BCUT2D eigenvalue weighted by molar-refractivity contribution is -0.163. The quantitative estimate of drug-likeness (QED) is 0.0886. The zero-order chi connectivity index (χ0) is 36.1. The molecule has 2 saturated carbocycles. The molecule has 2 amide bonds. The van der Waals surface area contributed by atoms with Crippen molar-refractivity contribution in [2.75, 3.05) is 25.1 Å². The second-order valence-corrected chi connectivity index (χ2v) is 21.2. The van der Waals surface area contributed by atoms with E-state index in [0.717, 1.165) is 63.3 Å². The third-order valence-corrected chi connectivity index (χ3v) is 11.9. The number of carbonyl (C=O) groups is 2. The Bertz CT molecular complexity index is 1650. The standard InChI is InChI=1S/C37H54FN7O5Si/c1-24-32(25(2)45(43-24)23-48-21-22-51(3,4)5)28-14-15-30(40-35(28)38)41-37(47)34(33(26-10-11-26)27-12-13-27)42-36(46)29-16-17-39-44(29)18-8-20-50-31-9-6-7-19-49-31/h14-17,26-27,31,33-34H,6-13,18-23H2,1-5H3,(H,42,46)(H,40,41,47)/t31?,34-/m0/s1. The number of pyridine rings is 1. The Morgan fingerprint density at radius 1 is 1.04 bits per heavy atom. The van der Waals surface area contributed by atoms with Gasteiger partial charge in [-0.25, -0.2) is 9.67 Å². The summed E-state index contributed by atoms with van der Waals surface area (Å²) in [7, 11) is -1.22. The molecule has 51 heavy (non-hydrogen) atoms. The normalized spacial score (nSPS) is 18.6. The van der Waals surface area contributed by atoms with Gasteiger partial charge in [0.2, 0.25) is 11.9 Å². The van der Waals surface area contributed by atoms with Crippen molar-refractivity contribution in [2.45, 2.75) is 117 Å². The van der Waals surface area contributed by atoms with E-state index in [1.807, 2.05) is 13.8 Å². The van der Waals surface area contributed by atoms with Crippen LogP contribution in [0.1, 0.15) is 73.2 Å². The van der Waals surface area contributed by atoms with Gasteiger partial charge in [-0.3, -0.25) is 14.3 Å². The van der Waals surface area contributed by atoms with Crippen LogP contribution in [0.5, 0.6) is 0 Å². The topological polar surface area (TPSA) is 134 Å². The van der Waals surface area contributed by atoms with E-state index < -0.39 is 26.0 Å². The van der Waals surface area contributed by atoms with E-state index in [1.165, 1.54) is 0 Å². The van der Waals surface area contributed by atoms with Crippen LogP contribution in [0.4, 0.5) is 10.2 Å². The minimum absolute atomic E-state index is 0.00225. The molecular formula is C37H54FN7O5Si. The molecule has 14 heteroatoms. The van der Waals surface area contributed by atoms with Gasteiger partial charge in [-0.05, 0) is 107 Å². The summed E-state index contributed by atoms with van der Waals surface area (Å²) in [6.07, 6.45) is 9.27. The van der Waals surface area contributed by atoms with E-state index in [0.29, 0.717) is 67.3 Å². The van der Waals surface area contributed by atoms with Gasteiger partial charge >= 0.3 is 0 Å². The molecule has 1 unspecified atom stereocenters. The van der Waals surface area contributed by atoms with Crippen LogP contribution in [0.2, 0.25) is 25.7 Å². The molecule has 278 valence electrons. The minimum Gasteiger partial charge on any atom is -0.360 e. The summed E-state index contributed by atoms with van der Waals surface area (Å²) < 4.78 is 36.5. The van der Waals surface area contributed by atoms with Gasteiger partial charge in [0.25, 0.3) is 5.91 Å². The van der Waals surface area contributed by atoms with Crippen molar-refractivity contribution < 1.29 is 28.2 Å². The zero-order valence-corrected chi connectivity index (χ0v) is 31.8. The maximum Gasteiger partial charge on any atom is 0.270 e. The molecular weight excluding hydrogens is 670 g/mol. The van der Waals surface area contributed by atoms with Crippen LogP contribution < -0.4 is 10.6 Å². The summed E-state index contributed by atoms with van der Waals surface area (Å²) in [6.45, 7) is 13.3. The molecule has 3 aliphatic rings. The number of carbonyl (C=O) groups excluding carboxylic acids is 2. The SMILES string of the molecule is Cc1nn(COCC[Si](C)(C)C)c(C)c1-c1ccc(NC(=O)[C@@H](NC(=O)c2ccnn2CCCOC2CCCCO2)C(C2CC2)C2CC2)nc1F. The van der Waals surface area contributed by atoms with E-state index in [2.05, 4.69) is 45.5 Å². The molecule has 12 nitrogen and oxygen atoms in total. The van der Waals surface area contributed by atoms with E-state index in [1.54, 1.807) is 33.8 Å². The average molecular weight is 724 g/mol. The Balaban J connectivity index is 1.11. The first kappa shape index (κ1) is 37.3. The van der Waals surface area contributed by atoms with Crippen molar-refractivity contribution in [3.05, 3.63) is 47.4 Å². The summed E-state index contributed by atoms with van der Waals surface area (Å²) in [5.74, 6) is -0.634. The number of rotatable bonds is 18. The molecule has 0 spiro atoms. The maximum absolute atomic E-state index is 15.7. The van der Waals surface area contributed by atoms with Crippen molar-refractivity contribution in [1.82, 2.24) is 29.9 Å². The maximum atomic E-state index is 15.7. The lowest BCUT2D eigenvalue weighted by atomic mass is 9.88. The fourth-order valence-electron chi connectivity index (χ4n) is 7.05. The van der Waals surface area contributed by atoms with Crippen molar-refractivity contribution in [3.63, 3.8) is 0 Å². The van der Waals surface area contributed by atoms with Crippen LogP contribution in [-0.2, 0) is 32.3 Å². The number of hydrogen-bond acceptors (Lipinski definition) is 8. The number of aryl methyl sites for hydroxylation is 2. The fourth-order valence-corrected chi connectivity index (χ4v) is 7.81. The summed E-state index contributed by atoms with van der Waals surface area (Å²) in [5, 5.41) is 14.9. The Morgan fingerprint density at radius 2 is 1.80 bits per heavy atom. The van der Waals surface area contributed by atoms with Crippen molar-refractivity contribution >= 4 is 25.7 Å². The average Bonchev–Trinajstić information content (AvgIpc) is 4.03. The molecule has 1 saturated heterocycles. The van der Waals surface area contributed by atoms with Crippen LogP contribution in [-0.4, -0.2) is 76.6 Å². The number of ether oxygens (including phenoxy) is 3. The highest BCUT2D eigenvalue weighted by atomic mass is 28.3. The Morgan fingerprint density at radius 3 is 2.47 bits per heavy atom. The van der Waals surface area contributed by atoms with Gasteiger partial charge in [0.1, 0.15) is 24.3 Å². The van der Waals surface area contributed by atoms with Gasteiger partial charge in [-0.15, -0.1) is 0 Å². The molecule has 4 heterocycles. The third-order valence-electron chi connectivity index (χ3n) is 10.2. The molecule has 3 aromatic rings. The van der Waals surface area contributed by atoms with Crippen molar-refractivity contribution in [1.29, 1.82) is 0 Å². The number of anilines is 1. The minimum atomic E-state index is -1.22. The summed E-state index contributed by atoms with van der Waals surface area (Å²) in [4.78, 5) is 31.8. The number of nitrogens with one attached hydrogen (secondary N) is 2. The first-order valence-electron chi connectivity index (χ1n) is 18.6. The van der Waals surface area contributed by atoms with Crippen molar-refractivity contribution in [3.8, 4) is 11.1 Å². The number of nitrogens with zero attached hydrogens (tertiary/aromatic N) is 5. The molecule has 3 aromatic heterocycles. The van der Waals surface area contributed by atoms with Gasteiger partial charge < -0.3 is 24.8 Å². The lowest BCUT2D eigenvalue weighted by Crippen LogP contribution is -2.50. The predicted molar refractivity (Wildman–Crippen MR) is 194 cm³/mol. The Kier molecular flexibility index (Phi) is 12.0. The summed E-state index contributed by atoms with van der Waals surface area (Å²) in [6, 6.07) is 5.16. The van der Waals surface area contributed by atoms with E-state index in [-0.39, 0.29) is 23.9 Å². The Labute approximate surface area is 301 Å². The lowest BCUT2D eigenvalue weighted by Gasteiger charge is -2.27. The highest BCUT2D eigenvalue weighted by molar-refractivity contribution is 6.76.